The van der Waals surface area contributed by atoms with Crippen molar-refractivity contribution in [1.29, 1.82) is 0 Å². The first-order valence-electron chi connectivity index (χ1n) is 10.0. The van der Waals surface area contributed by atoms with Crippen LogP contribution >= 0.6 is 11.5 Å². The number of nitrogens with one attached hydrogen (secondary N) is 1. The number of allylic oxidation sites excluding steroid dienone is 1. The van der Waals surface area contributed by atoms with Gasteiger partial charge in [0, 0.05) is 17.5 Å². The van der Waals surface area contributed by atoms with E-state index in [1.54, 1.807) is 0 Å². The van der Waals surface area contributed by atoms with Crippen LogP contribution < -0.4 is 5.32 Å². The lowest BCUT2D eigenvalue weighted by Gasteiger charge is -2.24. The molecule has 0 aliphatic carbocycles. The van der Waals surface area contributed by atoms with E-state index in [-0.39, 0.29) is 6.10 Å². The minimum absolute atomic E-state index is 0.106. The van der Waals surface area contributed by atoms with Crippen LogP contribution in [0.25, 0.3) is 0 Å². The number of anilines is 1. The van der Waals surface area contributed by atoms with E-state index in [9.17, 15) is 5.11 Å². The van der Waals surface area contributed by atoms with Crippen LogP contribution in [-0.2, 0) is 21.7 Å². The summed E-state index contributed by atoms with van der Waals surface area (Å²) in [5.74, 6) is -0.717. The maximum Gasteiger partial charge on any atom is 0.192 e. The molecule has 1 aliphatic rings. The third-order valence-electron chi connectivity index (χ3n) is 5.32. The molecule has 0 bridgehead atoms. The van der Waals surface area contributed by atoms with Crippen LogP contribution in [0.3, 0.4) is 0 Å². The van der Waals surface area contributed by atoms with Gasteiger partial charge in [-0.05, 0) is 63.2 Å². The highest BCUT2D eigenvalue weighted by Gasteiger charge is 2.38. The molecule has 1 saturated heterocycles. The fraction of sp³-hybridized carbons (Fsp3) is 0.478. The zero-order chi connectivity index (χ0) is 20.9. The summed E-state index contributed by atoms with van der Waals surface area (Å²) in [6.07, 6.45) is 4.86. The molecule has 1 aliphatic heterocycles. The lowest BCUT2D eigenvalue weighted by molar-refractivity contribution is -0.162. The molecule has 6 heteroatoms. The van der Waals surface area contributed by atoms with Crippen LogP contribution in [0.15, 0.2) is 42.7 Å². The first-order valence-corrected chi connectivity index (χ1v) is 10.8. The highest BCUT2D eigenvalue weighted by molar-refractivity contribution is 7.10. The zero-order valence-electron chi connectivity index (χ0n) is 17.4. The van der Waals surface area contributed by atoms with Gasteiger partial charge in [0.05, 0.1) is 18.4 Å². The molecule has 2 heterocycles. The summed E-state index contributed by atoms with van der Waals surface area (Å²) in [7, 11) is 0. The average Bonchev–Trinajstić information content (AvgIpc) is 3.24. The molecule has 2 aromatic rings. The number of hydrogen-bond acceptors (Lipinski definition) is 6. The summed E-state index contributed by atoms with van der Waals surface area (Å²) in [5.41, 5.74) is 6.92. The Morgan fingerprint density at radius 3 is 2.83 bits per heavy atom. The molecule has 0 saturated carbocycles. The number of aromatic nitrogens is 1. The molecule has 3 atom stereocenters. The van der Waals surface area contributed by atoms with Gasteiger partial charge in [-0.2, -0.15) is 4.37 Å². The van der Waals surface area contributed by atoms with Gasteiger partial charge in [0.15, 0.2) is 5.79 Å². The normalized spacial score (nSPS) is 22.3. The number of benzene rings is 1. The maximum atomic E-state index is 10.4. The molecule has 2 N–H and O–H groups in total. The number of aliphatic hydroxyl groups is 1. The van der Waals surface area contributed by atoms with E-state index in [0.29, 0.717) is 13.0 Å². The lowest BCUT2D eigenvalue weighted by Crippen LogP contribution is -2.24. The third kappa shape index (κ3) is 5.56. The standard InChI is InChI=1S/C23H30N2O3S/c1-5-6-7-8-9-20-15-27-23(4,28-20)19-12-10-18(11-13-19)14-21(26)24-22-16(2)17(3)25-29-22/h6,10-13,20-21,24,26H,1,7-9,14-15H2,2-4H3. The fourth-order valence-corrected chi connectivity index (χ4v) is 4.24. The van der Waals surface area contributed by atoms with Crippen molar-refractivity contribution in [2.75, 3.05) is 11.9 Å². The van der Waals surface area contributed by atoms with Crippen LogP contribution in [-0.4, -0.2) is 28.4 Å². The molecule has 1 aromatic heterocycles. The second kappa shape index (κ2) is 9.70. The van der Waals surface area contributed by atoms with Gasteiger partial charge in [-0.1, -0.05) is 30.8 Å². The molecule has 5 nitrogen and oxygen atoms in total. The Balaban J connectivity index is 1.54. The Hall–Kier alpha value is -1.95. The van der Waals surface area contributed by atoms with Gasteiger partial charge in [0.2, 0.25) is 0 Å². The summed E-state index contributed by atoms with van der Waals surface area (Å²) >= 11 is 1.38. The predicted molar refractivity (Wildman–Crippen MR) is 117 cm³/mol. The topological polar surface area (TPSA) is 63.6 Å². The minimum Gasteiger partial charge on any atom is -0.373 e. The molecule has 1 fully saturated rings. The molecule has 156 valence electrons. The van der Waals surface area contributed by atoms with Crippen molar-refractivity contribution in [2.45, 2.75) is 64.6 Å². The molecule has 0 amide bonds. The van der Waals surface area contributed by atoms with Gasteiger partial charge in [-0.3, -0.25) is 0 Å². The highest BCUT2D eigenvalue weighted by atomic mass is 32.1. The molecule has 3 rings (SSSR count). The maximum absolute atomic E-state index is 10.4. The van der Waals surface area contributed by atoms with Crippen molar-refractivity contribution < 1.29 is 14.6 Å². The molecule has 0 spiro atoms. The Morgan fingerprint density at radius 1 is 1.41 bits per heavy atom. The Kier molecular flexibility index (Phi) is 7.28. The quantitative estimate of drug-likeness (QED) is 0.349. The number of aliphatic hydroxyl groups excluding tert-OH is 1. The number of nitrogens with zero attached hydrogens (tertiary/aromatic N) is 1. The summed E-state index contributed by atoms with van der Waals surface area (Å²) < 4.78 is 16.5. The first kappa shape index (κ1) is 21.8. The van der Waals surface area contributed by atoms with E-state index < -0.39 is 12.0 Å². The van der Waals surface area contributed by atoms with E-state index >= 15 is 0 Å². The summed E-state index contributed by atoms with van der Waals surface area (Å²) in [4.78, 5) is 0. The Bertz CT molecular complexity index is 858. The largest absolute Gasteiger partial charge is 0.373 e. The van der Waals surface area contributed by atoms with E-state index in [2.05, 4.69) is 22.0 Å². The van der Waals surface area contributed by atoms with E-state index in [0.717, 1.165) is 46.6 Å². The van der Waals surface area contributed by atoms with Gasteiger partial charge in [0.25, 0.3) is 0 Å². The summed E-state index contributed by atoms with van der Waals surface area (Å²) in [6.45, 7) is 10.1. The first-order chi connectivity index (χ1) is 13.9. The average molecular weight is 415 g/mol. The second-order valence-corrected chi connectivity index (χ2v) is 8.39. The van der Waals surface area contributed by atoms with Crippen LogP contribution in [0.4, 0.5) is 5.00 Å². The van der Waals surface area contributed by atoms with Gasteiger partial charge in [-0.15, -0.1) is 5.73 Å². The molecule has 1 aromatic carbocycles. The van der Waals surface area contributed by atoms with Gasteiger partial charge >= 0.3 is 0 Å². The SMILES string of the molecule is C=C=CCCCC1COC(C)(c2ccc(CC(O)Nc3snc(C)c3C)cc2)O1. The number of ether oxygens (including phenoxy) is 2. The van der Waals surface area contributed by atoms with E-state index in [4.69, 9.17) is 9.47 Å². The third-order valence-corrected chi connectivity index (χ3v) is 6.29. The van der Waals surface area contributed by atoms with Gasteiger partial charge in [-0.25, -0.2) is 0 Å². The van der Waals surface area contributed by atoms with E-state index in [1.165, 1.54) is 11.5 Å². The van der Waals surface area contributed by atoms with Crippen LogP contribution in [0.5, 0.6) is 0 Å². The fourth-order valence-electron chi connectivity index (χ4n) is 3.40. The van der Waals surface area contributed by atoms with E-state index in [1.807, 2.05) is 51.1 Å². The zero-order valence-corrected chi connectivity index (χ0v) is 18.2. The van der Waals surface area contributed by atoms with Crippen LogP contribution in [0, 0.1) is 13.8 Å². The molecular weight excluding hydrogens is 384 g/mol. The monoisotopic (exact) mass is 414 g/mol. The molecular formula is C23H30N2O3S. The highest BCUT2D eigenvalue weighted by Crippen LogP contribution is 2.35. The van der Waals surface area contributed by atoms with Crippen molar-refractivity contribution in [3.05, 3.63) is 65.0 Å². The Labute approximate surface area is 177 Å². The van der Waals surface area contributed by atoms with Gasteiger partial charge in [0.1, 0.15) is 11.2 Å². The van der Waals surface area contributed by atoms with Gasteiger partial charge < -0.3 is 19.9 Å². The van der Waals surface area contributed by atoms with Crippen molar-refractivity contribution in [3.63, 3.8) is 0 Å². The molecule has 0 radical (unpaired) electrons. The van der Waals surface area contributed by atoms with Crippen molar-refractivity contribution in [1.82, 2.24) is 4.37 Å². The predicted octanol–water partition coefficient (Wildman–Crippen LogP) is 4.83. The van der Waals surface area contributed by atoms with Crippen LogP contribution in [0.1, 0.15) is 48.6 Å². The number of rotatable bonds is 9. The molecule has 3 unspecified atom stereocenters. The number of aryl methyl sites for hydroxylation is 1. The number of unbranched alkanes of at least 4 members (excludes halogenated alkanes) is 1. The second-order valence-electron chi connectivity index (χ2n) is 7.62. The van der Waals surface area contributed by atoms with Crippen molar-refractivity contribution in [2.24, 2.45) is 0 Å². The van der Waals surface area contributed by atoms with Crippen molar-refractivity contribution >= 4 is 16.5 Å². The minimum atomic E-state index is -0.717. The smallest absolute Gasteiger partial charge is 0.192 e. The summed E-state index contributed by atoms with van der Waals surface area (Å²) in [5, 5.41) is 14.4. The van der Waals surface area contributed by atoms with Crippen molar-refractivity contribution in [3.8, 4) is 0 Å². The lowest BCUT2D eigenvalue weighted by atomic mass is 10.0. The summed E-state index contributed by atoms with van der Waals surface area (Å²) in [6, 6.07) is 8.08. The van der Waals surface area contributed by atoms with Crippen LogP contribution in [0.2, 0.25) is 0 Å². The number of hydrogen-bond donors (Lipinski definition) is 2. The Morgan fingerprint density at radius 2 is 2.17 bits per heavy atom. The molecule has 29 heavy (non-hydrogen) atoms.